The third-order valence-electron chi connectivity index (χ3n) is 3.99. The molecule has 0 atom stereocenters. The Balaban J connectivity index is 1.45. The first kappa shape index (κ1) is 17.4. The van der Waals surface area contributed by atoms with E-state index in [4.69, 9.17) is 16.3 Å². The second kappa shape index (κ2) is 9.14. The maximum absolute atomic E-state index is 5.91. The Morgan fingerprint density at radius 2 is 1.52 bits per heavy atom. The molecule has 0 fully saturated rings. The predicted octanol–water partition coefficient (Wildman–Crippen LogP) is 5.62. The number of rotatable bonds is 8. The topological polar surface area (TPSA) is 21.3 Å². The lowest BCUT2D eigenvalue weighted by molar-refractivity contribution is 0.322. The minimum Gasteiger partial charge on any atom is -0.493 e. The third kappa shape index (κ3) is 5.84. The van der Waals surface area contributed by atoms with Crippen LogP contribution in [0.5, 0.6) is 5.75 Å². The number of hydrogen-bond acceptors (Lipinski definition) is 2. The van der Waals surface area contributed by atoms with Crippen molar-refractivity contribution in [3.05, 3.63) is 95.0 Å². The molecule has 0 aliphatic carbocycles. The van der Waals surface area contributed by atoms with Crippen molar-refractivity contribution in [1.29, 1.82) is 0 Å². The van der Waals surface area contributed by atoms with Crippen LogP contribution in [0.2, 0.25) is 5.02 Å². The highest BCUT2D eigenvalue weighted by Crippen LogP contribution is 2.18. The second-order valence-electron chi connectivity index (χ2n) is 5.92. The lowest BCUT2D eigenvalue weighted by Gasteiger charge is -2.10. The van der Waals surface area contributed by atoms with E-state index < -0.39 is 0 Å². The van der Waals surface area contributed by atoms with Crippen LogP contribution in [0.1, 0.15) is 11.1 Å². The van der Waals surface area contributed by atoms with Crippen molar-refractivity contribution in [2.75, 3.05) is 18.5 Å². The van der Waals surface area contributed by atoms with E-state index in [1.54, 1.807) is 0 Å². The van der Waals surface area contributed by atoms with Gasteiger partial charge in [-0.2, -0.15) is 0 Å². The fourth-order valence-corrected chi connectivity index (χ4v) is 2.76. The molecule has 0 saturated heterocycles. The van der Waals surface area contributed by atoms with E-state index in [0.29, 0.717) is 6.61 Å². The molecule has 0 unspecified atom stereocenters. The van der Waals surface area contributed by atoms with Gasteiger partial charge in [-0.25, -0.2) is 0 Å². The van der Waals surface area contributed by atoms with Crippen LogP contribution in [0.4, 0.5) is 5.69 Å². The number of hydrogen-bond donors (Lipinski definition) is 1. The summed E-state index contributed by atoms with van der Waals surface area (Å²) in [7, 11) is 0. The zero-order chi connectivity index (χ0) is 17.3. The van der Waals surface area contributed by atoms with Gasteiger partial charge in [0, 0.05) is 29.7 Å². The van der Waals surface area contributed by atoms with Gasteiger partial charge in [0.1, 0.15) is 5.75 Å². The van der Waals surface area contributed by atoms with Crippen LogP contribution in [0.3, 0.4) is 0 Å². The normalized spacial score (nSPS) is 10.4. The Morgan fingerprint density at radius 1 is 0.760 bits per heavy atom. The summed E-state index contributed by atoms with van der Waals surface area (Å²) in [5.41, 5.74) is 3.64. The summed E-state index contributed by atoms with van der Waals surface area (Å²) < 4.78 is 5.87. The molecule has 3 heteroatoms. The fraction of sp³-hybridized carbons (Fsp3) is 0.182. The molecule has 3 rings (SSSR count). The van der Waals surface area contributed by atoms with Gasteiger partial charge in [0.2, 0.25) is 0 Å². The van der Waals surface area contributed by atoms with Gasteiger partial charge in [-0.15, -0.1) is 0 Å². The molecule has 3 aromatic rings. The first-order valence-electron chi connectivity index (χ1n) is 8.55. The van der Waals surface area contributed by atoms with Crippen molar-refractivity contribution in [1.82, 2.24) is 0 Å². The van der Waals surface area contributed by atoms with Gasteiger partial charge in [-0.3, -0.25) is 0 Å². The Morgan fingerprint density at radius 3 is 2.32 bits per heavy atom. The van der Waals surface area contributed by atoms with Crippen LogP contribution in [0.25, 0.3) is 0 Å². The summed E-state index contributed by atoms with van der Waals surface area (Å²) >= 11 is 5.91. The Bertz CT molecular complexity index is 772. The molecule has 0 saturated carbocycles. The van der Waals surface area contributed by atoms with Crippen molar-refractivity contribution in [3.63, 3.8) is 0 Å². The van der Waals surface area contributed by atoms with Gasteiger partial charge in [-0.05, 0) is 41.8 Å². The van der Waals surface area contributed by atoms with Gasteiger partial charge in [-0.1, -0.05) is 60.1 Å². The molecule has 0 aromatic heterocycles. The number of nitrogens with one attached hydrogen (secondary N) is 1. The standard InChI is InChI=1S/C22H22ClNO/c23-20-11-9-19(10-12-20)13-15-24-21-7-4-8-22(17-21)25-16-14-18-5-2-1-3-6-18/h1-12,17,24H,13-16H2. The zero-order valence-electron chi connectivity index (χ0n) is 14.1. The molecule has 25 heavy (non-hydrogen) atoms. The molecule has 0 amide bonds. The molecule has 0 spiro atoms. The first-order valence-corrected chi connectivity index (χ1v) is 8.92. The van der Waals surface area contributed by atoms with Crippen LogP contribution < -0.4 is 10.1 Å². The van der Waals surface area contributed by atoms with Crippen LogP contribution >= 0.6 is 11.6 Å². The zero-order valence-corrected chi connectivity index (χ0v) is 14.9. The monoisotopic (exact) mass is 351 g/mol. The molecule has 0 heterocycles. The molecule has 0 aliphatic heterocycles. The highest BCUT2D eigenvalue weighted by Gasteiger charge is 1.99. The summed E-state index contributed by atoms with van der Waals surface area (Å²) in [5, 5.41) is 4.22. The lowest BCUT2D eigenvalue weighted by atomic mass is 10.1. The molecule has 0 aliphatic rings. The summed E-state index contributed by atoms with van der Waals surface area (Å²) in [6.07, 6.45) is 1.87. The van der Waals surface area contributed by atoms with E-state index in [2.05, 4.69) is 47.8 Å². The van der Waals surface area contributed by atoms with Gasteiger partial charge in [0.25, 0.3) is 0 Å². The SMILES string of the molecule is Clc1ccc(CCNc2cccc(OCCc3ccccc3)c2)cc1. The molecule has 1 N–H and O–H groups in total. The molecular weight excluding hydrogens is 330 g/mol. The smallest absolute Gasteiger partial charge is 0.121 e. The molecule has 0 radical (unpaired) electrons. The van der Waals surface area contributed by atoms with E-state index >= 15 is 0 Å². The van der Waals surface area contributed by atoms with E-state index in [1.165, 1.54) is 11.1 Å². The van der Waals surface area contributed by atoms with Crippen LogP contribution in [0, 0.1) is 0 Å². The lowest BCUT2D eigenvalue weighted by Crippen LogP contribution is -2.05. The van der Waals surface area contributed by atoms with E-state index in [-0.39, 0.29) is 0 Å². The molecule has 128 valence electrons. The Labute approximate surface area is 154 Å². The maximum atomic E-state index is 5.91. The summed E-state index contributed by atoms with van der Waals surface area (Å²) in [5.74, 6) is 0.896. The highest BCUT2D eigenvalue weighted by atomic mass is 35.5. The summed E-state index contributed by atoms with van der Waals surface area (Å²) in [4.78, 5) is 0. The highest BCUT2D eigenvalue weighted by molar-refractivity contribution is 6.30. The third-order valence-corrected chi connectivity index (χ3v) is 4.24. The number of halogens is 1. The fourth-order valence-electron chi connectivity index (χ4n) is 2.63. The number of benzene rings is 3. The van der Waals surface area contributed by atoms with Crippen LogP contribution in [-0.2, 0) is 12.8 Å². The van der Waals surface area contributed by atoms with E-state index in [0.717, 1.165) is 35.8 Å². The number of anilines is 1. The average molecular weight is 352 g/mol. The summed E-state index contributed by atoms with van der Waals surface area (Å²) in [6.45, 7) is 1.55. The van der Waals surface area contributed by atoms with Crippen molar-refractivity contribution < 1.29 is 4.74 Å². The van der Waals surface area contributed by atoms with Crippen LogP contribution in [-0.4, -0.2) is 13.2 Å². The quantitative estimate of drug-likeness (QED) is 0.569. The van der Waals surface area contributed by atoms with Crippen LogP contribution in [0.15, 0.2) is 78.9 Å². The summed E-state index contributed by atoms with van der Waals surface area (Å²) in [6, 6.07) is 26.5. The molecular formula is C22H22ClNO. The minimum atomic E-state index is 0.679. The first-order chi connectivity index (χ1) is 12.3. The van der Waals surface area contributed by atoms with Gasteiger partial charge >= 0.3 is 0 Å². The second-order valence-corrected chi connectivity index (χ2v) is 6.35. The van der Waals surface area contributed by atoms with Gasteiger partial charge in [0.05, 0.1) is 6.61 Å². The maximum Gasteiger partial charge on any atom is 0.121 e. The Hall–Kier alpha value is -2.45. The number of ether oxygens (including phenoxy) is 1. The van der Waals surface area contributed by atoms with Crippen molar-refractivity contribution in [3.8, 4) is 5.75 Å². The largest absolute Gasteiger partial charge is 0.493 e. The Kier molecular flexibility index (Phi) is 6.35. The minimum absolute atomic E-state index is 0.679. The predicted molar refractivity (Wildman–Crippen MR) is 106 cm³/mol. The molecule has 0 bridgehead atoms. The van der Waals surface area contributed by atoms with E-state index in [9.17, 15) is 0 Å². The molecule has 2 nitrogen and oxygen atoms in total. The van der Waals surface area contributed by atoms with Crippen molar-refractivity contribution in [2.45, 2.75) is 12.8 Å². The van der Waals surface area contributed by atoms with Gasteiger partial charge < -0.3 is 10.1 Å². The van der Waals surface area contributed by atoms with Crippen molar-refractivity contribution in [2.24, 2.45) is 0 Å². The molecule has 3 aromatic carbocycles. The van der Waals surface area contributed by atoms with E-state index in [1.807, 2.05) is 36.4 Å². The van der Waals surface area contributed by atoms with Gasteiger partial charge in [0.15, 0.2) is 0 Å². The average Bonchev–Trinajstić information content (AvgIpc) is 2.65. The van der Waals surface area contributed by atoms with Crippen molar-refractivity contribution >= 4 is 17.3 Å².